The fourth-order valence-electron chi connectivity index (χ4n) is 3.06. The lowest BCUT2D eigenvalue weighted by molar-refractivity contribution is -0.135. The van der Waals surface area contributed by atoms with Gasteiger partial charge in [-0.15, -0.1) is 0 Å². The summed E-state index contributed by atoms with van der Waals surface area (Å²) in [6.45, 7) is 4.20. The van der Waals surface area contributed by atoms with Gasteiger partial charge in [-0.25, -0.2) is 4.98 Å². The number of nitrogens with zero attached hydrogens (tertiary/aromatic N) is 4. The highest BCUT2D eigenvalue weighted by Crippen LogP contribution is 2.26. The topological polar surface area (TPSA) is 58.6 Å². The predicted octanol–water partition coefficient (Wildman–Crippen LogP) is 1.52. The van der Waals surface area contributed by atoms with E-state index in [4.69, 9.17) is 4.74 Å². The first-order valence-corrected chi connectivity index (χ1v) is 10.1. The van der Waals surface area contributed by atoms with E-state index in [0.717, 1.165) is 67.9 Å². The summed E-state index contributed by atoms with van der Waals surface area (Å²) < 4.78 is 9.47. The van der Waals surface area contributed by atoms with Gasteiger partial charge in [-0.05, 0) is 12.8 Å². The zero-order chi connectivity index (χ0) is 16.1. The molecule has 2 aliphatic rings. The van der Waals surface area contributed by atoms with Gasteiger partial charge in [-0.3, -0.25) is 4.79 Å². The van der Waals surface area contributed by atoms with Crippen LogP contribution < -0.4 is 4.90 Å². The first kappa shape index (κ1) is 17.0. The molecular formula is C15H24N4O2S2. The van der Waals surface area contributed by atoms with Crippen LogP contribution in [0.3, 0.4) is 0 Å². The molecule has 1 atom stereocenters. The average Bonchev–Trinajstić information content (AvgIpc) is 3.09. The van der Waals surface area contributed by atoms with Gasteiger partial charge in [0.15, 0.2) is 0 Å². The number of hydrogen-bond acceptors (Lipinski definition) is 7. The number of hydrogen-bond donors (Lipinski definition) is 0. The molecule has 3 rings (SSSR count). The second kappa shape index (κ2) is 8.30. The molecule has 1 amide bonds. The molecule has 1 aromatic rings. The molecule has 0 N–H and O–H groups in total. The van der Waals surface area contributed by atoms with E-state index < -0.39 is 0 Å². The molecular weight excluding hydrogens is 332 g/mol. The summed E-state index contributed by atoms with van der Waals surface area (Å²) in [6.07, 6.45) is 2.79. The van der Waals surface area contributed by atoms with Crippen molar-refractivity contribution in [3.8, 4) is 0 Å². The van der Waals surface area contributed by atoms with Crippen molar-refractivity contribution in [1.29, 1.82) is 0 Å². The van der Waals surface area contributed by atoms with E-state index in [2.05, 4.69) is 19.2 Å². The smallest absolute Gasteiger partial charge is 0.227 e. The van der Waals surface area contributed by atoms with Gasteiger partial charge in [0.05, 0.1) is 12.5 Å². The first-order chi connectivity index (χ1) is 11.3. The highest BCUT2D eigenvalue weighted by atomic mass is 32.2. The van der Waals surface area contributed by atoms with Crippen molar-refractivity contribution in [3.05, 3.63) is 5.82 Å². The predicted molar refractivity (Wildman–Crippen MR) is 94.3 cm³/mol. The van der Waals surface area contributed by atoms with E-state index in [-0.39, 0.29) is 5.92 Å². The van der Waals surface area contributed by atoms with Crippen LogP contribution in [-0.2, 0) is 16.0 Å². The quantitative estimate of drug-likeness (QED) is 0.797. The normalized spacial score (nSPS) is 22.4. The largest absolute Gasteiger partial charge is 0.384 e. The minimum atomic E-state index is 0.109. The summed E-state index contributed by atoms with van der Waals surface area (Å²) >= 11 is 3.38. The zero-order valence-electron chi connectivity index (χ0n) is 13.6. The number of anilines is 1. The SMILES string of the molecule is COCCc1nsc(N2CCCC(C(=O)N3CCSCC3)C2)n1. The summed E-state index contributed by atoms with van der Waals surface area (Å²) in [7, 11) is 1.69. The molecule has 2 saturated heterocycles. The molecule has 0 aromatic carbocycles. The van der Waals surface area contributed by atoms with Crippen LogP contribution in [0.25, 0.3) is 0 Å². The third-order valence-electron chi connectivity index (χ3n) is 4.35. The number of carbonyl (C=O) groups is 1. The van der Waals surface area contributed by atoms with Crippen molar-refractivity contribution in [3.63, 3.8) is 0 Å². The third kappa shape index (κ3) is 4.36. The van der Waals surface area contributed by atoms with E-state index in [0.29, 0.717) is 12.5 Å². The van der Waals surface area contributed by atoms with Crippen molar-refractivity contribution >= 4 is 34.3 Å². The number of piperidine rings is 1. The van der Waals surface area contributed by atoms with Gasteiger partial charge in [-0.2, -0.15) is 16.1 Å². The van der Waals surface area contributed by atoms with Gasteiger partial charge in [0.2, 0.25) is 11.0 Å². The monoisotopic (exact) mass is 356 g/mol. The molecule has 3 heterocycles. The fraction of sp³-hybridized carbons (Fsp3) is 0.800. The number of thioether (sulfide) groups is 1. The maximum absolute atomic E-state index is 12.7. The second-order valence-electron chi connectivity index (χ2n) is 5.96. The van der Waals surface area contributed by atoms with E-state index in [1.807, 2.05) is 11.8 Å². The molecule has 6 nitrogen and oxygen atoms in total. The van der Waals surface area contributed by atoms with Gasteiger partial charge in [-0.1, -0.05) is 0 Å². The maximum Gasteiger partial charge on any atom is 0.227 e. The van der Waals surface area contributed by atoms with Crippen LogP contribution in [0.4, 0.5) is 5.13 Å². The number of methoxy groups -OCH3 is 1. The minimum absolute atomic E-state index is 0.109. The molecule has 0 bridgehead atoms. The van der Waals surface area contributed by atoms with Crippen LogP contribution >= 0.6 is 23.3 Å². The fourth-order valence-corrected chi connectivity index (χ4v) is 4.71. The van der Waals surface area contributed by atoms with Crippen molar-refractivity contribution in [1.82, 2.24) is 14.3 Å². The van der Waals surface area contributed by atoms with Crippen LogP contribution in [0, 0.1) is 5.92 Å². The summed E-state index contributed by atoms with van der Waals surface area (Å²) in [4.78, 5) is 21.6. The van der Waals surface area contributed by atoms with E-state index in [9.17, 15) is 4.79 Å². The summed E-state index contributed by atoms with van der Waals surface area (Å²) in [5.41, 5.74) is 0. The highest BCUT2D eigenvalue weighted by Gasteiger charge is 2.31. The molecule has 1 aromatic heterocycles. The Labute approximate surface area is 145 Å². The van der Waals surface area contributed by atoms with Gasteiger partial charge in [0, 0.05) is 62.7 Å². The van der Waals surface area contributed by atoms with Gasteiger partial charge >= 0.3 is 0 Å². The Hall–Kier alpha value is -0.860. The lowest BCUT2D eigenvalue weighted by atomic mass is 9.97. The Bertz CT molecular complexity index is 519. The number of aromatic nitrogens is 2. The van der Waals surface area contributed by atoms with Crippen molar-refractivity contribution in [2.24, 2.45) is 5.92 Å². The molecule has 8 heteroatoms. The molecule has 2 aliphatic heterocycles. The van der Waals surface area contributed by atoms with Crippen molar-refractivity contribution < 1.29 is 9.53 Å². The Balaban J connectivity index is 1.59. The zero-order valence-corrected chi connectivity index (χ0v) is 15.2. The molecule has 0 saturated carbocycles. The number of amides is 1. The van der Waals surface area contributed by atoms with Gasteiger partial charge in [0.1, 0.15) is 5.82 Å². The first-order valence-electron chi connectivity index (χ1n) is 8.21. The molecule has 0 radical (unpaired) electrons. The van der Waals surface area contributed by atoms with Crippen molar-refractivity contribution in [2.45, 2.75) is 19.3 Å². The van der Waals surface area contributed by atoms with E-state index in [1.54, 1.807) is 7.11 Å². The third-order valence-corrected chi connectivity index (χ3v) is 6.11. The average molecular weight is 357 g/mol. The van der Waals surface area contributed by atoms with Crippen molar-refractivity contribution in [2.75, 3.05) is 56.3 Å². The number of carbonyl (C=O) groups excluding carboxylic acids is 1. The molecule has 1 unspecified atom stereocenters. The summed E-state index contributed by atoms with van der Waals surface area (Å²) in [5.74, 6) is 3.42. The van der Waals surface area contributed by atoms with E-state index in [1.165, 1.54) is 11.5 Å². The summed E-state index contributed by atoms with van der Waals surface area (Å²) in [6, 6.07) is 0. The van der Waals surface area contributed by atoms with E-state index >= 15 is 0 Å². The van der Waals surface area contributed by atoms with Crippen LogP contribution in [0.5, 0.6) is 0 Å². The van der Waals surface area contributed by atoms with Gasteiger partial charge in [0.25, 0.3) is 0 Å². The molecule has 23 heavy (non-hydrogen) atoms. The second-order valence-corrected chi connectivity index (χ2v) is 7.91. The number of rotatable bonds is 5. The summed E-state index contributed by atoms with van der Waals surface area (Å²) in [5, 5.41) is 0.947. The Morgan fingerprint density at radius 2 is 2.17 bits per heavy atom. The Morgan fingerprint density at radius 3 is 2.96 bits per heavy atom. The Kier molecular flexibility index (Phi) is 6.13. The van der Waals surface area contributed by atoms with Crippen LogP contribution in [-0.4, -0.2) is 71.6 Å². The van der Waals surface area contributed by atoms with Gasteiger partial charge < -0.3 is 14.5 Å². The number of ether oxygens (including phenoxy) is 1. The highest BCUT2D eigenvalue weighted by molar-refractivity contribution is 7.99. The van der Waals surface area contributed by atoms with Crippen LogP contribution in [0.15, 0.2) is 0 Å². The Morgan fingerprint density at radius 1 is 1.35 bits per heavy atom. The molecule has 128 valence electrons. The molecule has 2 fully saturated rings. The minimum Gasteiger partial charge on any atom is -0.384 e. The lowest BCUT2D eigenvalue weighted by Gasteiger charge is -2.35. The maximum atomic E-state index is 12.7. The molecule has 0 aliphatic carbocycles. The molecule has 0 spiro atoms. The van der Waals surface area contributed by atoms with Crippen LogP contribution in [0.2, 0.25) is 0 Å². The van der Waals surface area contributed by atoms with Crippen LogP contribution in [0.1, 0.15) is 18.7 Å². The lowest BCUT2D eigenvalue weighted by Crippen LogP contribution is -2.47. The standard InChI is InChI=1S/C15H24N4O2S2/c1-21-8-4-13-16-15(23-17-13)19-5-2-3-12(11-19)14(20)18-6-9-22-10-7-18/h12H,2-11H2,1H3.